The summed E-state index contributed by atoms with van der Waals surface area (Å²) in [5.41, 5.74) is 0. The lowest BCUT2D eigenvalue weighted by Gasteiger charge is -2.06. The van der Waals surface area contributed by atoms with E-state index in [1.54, 1.807) is 0 Å². The molecule has 19 heavy (non-hydrogen) atoms. The average Bonchev–Trinajstić information content (AvgIpc) is 2.75. The summed E-state index contributed by atoms with van der Waals surface area (Å²) in [7, 11) is 0. The molecule has 0 amide bonds. The lowest BCUT2D eigenvalue weighted by atomic mass is 10.7. The van der Waals surface area contributed by atoms with Gasteiger partial charge in [0.25, 0.3) is 5.22 Å². The van der Waals surface area contributed by atoms with Crippen LogP contribution in [0.15, 0.2) is 14.8 Å². The molecule has 0 fully saturated rings. The first-order chi connectivity index (χ1) is 9.21. The van der Waals surface area contributed by atoms with Gasteiger partial charge in [-0.25, -0.2) is 0 Å². The molecule has 0 unspecified atom stereocenters. The minimum absolute atomic E-state index is 0.0182. The van der Waals surface area contributed by atoms with Crippen LogP contribution in [-0.2, 0) is 0 Å². The van der Waals surface area contributed by atoms with E-state index in [-0.39, 0.29) is 10.6 Å². The van der Waals surface area contributed by atoms with Crippen molar-refractivity contribution in [1.29, 1.82) is 0 Å². The van der Waals surface area contributed by atoms with Crippen LogP contribution in [0.3, 0.4) is 0 Å². The summed E-state index contributed by atoms with van der Waals surface area (Å²) < 4.78 is 5.05. The molecular formula is C9H12ClN7OS. The van der Waals surface area contributed by atoms with Crippen LogP contribution >= 0.6 is 23.4 Å². The van der Waals surface area contributed by atoms with E-state index in [1.165, 1.54) is 0 Å². The van der Waals surface area contributed by atoms with E-state index < -0.39 is 0 Å². The predicted octanol–water partition coefficient (Wildman–Crippen LogP) is 1.92. The quantitative estimate of drug-likeness (QED) is 0.828. The minimum atomic E-state index is -0.0182. The molecule has 0 aliphatic heterocycles. The first-order valence-corrected chi connectivity index (χ1v) is 6.81. The van der Waals surface area contributed by atoms with E-state index in [4.69, 9.17) is 16.0 Å². The van der Waals surface area contributed by atoms with Crippen molar-refractivity contribution in [2.45, 2.75) is 24.2 Å². The third-order valence-corrected chi connectivity index (χ3v) is 2.70. The monoisotopic (exact) mass is 301 g/mol. The molecule has 0 bridgehead atoms. The SMILES string of the molecule is CCNc1nc(NCC)nc(Sc2nnc(Cl)o2)n1. The van der Waals surface area contributed by atoms with Gasteiger partial charge in [-0.3, -0.25) is 0 Å². The maximum Gasteiger partial charge on any atom is 0.313 e. The standard InChI is InChI=1S/C9H12ClN7OS/c1-3-11-6-13-7(12-4-2)15-8(14-6)19-9-17-16-5(10)18-9/h3-4H2,1-2H3,(H2,11,12,13,14,15). The zero-order chi connectivity index (χ0) is 13.7. The van der Waals surface area contributed by atoms with E-state index in [0.29, 0.717) is 30.1 Å². The second-order valence-corrected chi connectivity index (χ2v) is 4.49. The van der Waals surface area contributed by atoms with E-state index in [9.17, 15) is 0 Å². The molecule has 10 heteroatoms. The van der Waals surface area contributed by atoms with Crippen molar-refractivity contribution in [2.75, 3.05) is 23.7 Å². The van der Waals surface area contributed by atoms with Crippen LogP contribution < -0.4 is 10.6 Å². The van der Waals surface area contributed by atoms with Crippen molar-refractivity contribution in [3.63, 3.8) is 0 Å². The van der Waals surface area contributed by atoms with Gasteiger partial charge < -0.3 is 15.1 Å². The molecule has 0 radical (unpaired) electrons. The largest absolute Gasteiger partial charge is 0.402 e. The van der Waals surface area contributed by atoms with E-state index in [0.717, 1.165) is 11.8 Å². The van der Waals surface area contributed by atoms with Gasteiger partial charge in [0, 0.05) is 24.9 Å². The molecule has 2 aromatic rings. The van der Waals surface area contributed by atoms with Crippen LogP contribution in [0.2, 0.25) is 5.35 Å². The highest BCUT2D eigenvalue weighted by molar-refractivity contribution is 7.98. The third kappa shape index (κ3) is 3.93. The summed E-state index contributed by atoms with van der Waals surface area (Å²) in [5, 5.41) is 14.1. The second-order valence-electron chi connectivity index (χ2n) is 3.25. The highest BCUT2D eigenvalue weighted by Crippen LogP contribution is 2.25. The molecule has 0 saturated carbocycles. The third-order valence-electron chi connectivity index (χ3n) is 1.85. The van der Waals surface area contributed by atoms with E-state index in [2.05, 4.69) is 35.8 Å². The fourth-order valence-corrected chi connectivity index (χ4v) is 1.97. The molecule has 0 aromatic carbocycles. The summed E-state index contributed by atoms with van der Waals surface area (Å²) in [6.45, 7) is 5.35. The lowest BCUT2D eigenvalue weighted by Crippen LogP contribution is -2.09. The Bertz CT molecular complexity index is 525. The van der Waals surface area contributed by atoms with Crippen LogP contribution in [-0.4, -0.2) is 38.2 Å². The van der Waals surface area contributed by atoms with Gasteiger partial charge in [-0.2, -0.15) is 15.0 Å². The Kier molecular flexibility index (Phi) is 4.74. The van der Waals surface area contributed by atoms with E-state index >= 15 is 0 Å². The summed E-state index contributed by atoms with van der Waals surface area (Å²) in [4.78, 5) is 12.7. The Morgan fingerprint density at radius 2 is 1.68 bits per heavy atom. The normalized spacial score (nSPS) is 10.5. The van der Waals surface area contributed by atoms with Crippen LogP contribution in [0.5, 0.6) is 0 Å². The molecule has 0 aliphatic rings. The Morgan fingerprint density at radius 3 is 2.16 bits per heavy atom. The molecule has 0 aliphatic carbocycles. The van der Waals surface area contributed by atoms with Crippen LogP contribution in [0.1, 0.15) is 13.8 Å². The Labute approximate surface area is 118 Å². The Balaban J connectivity index is 2.22. The van der Waals surface area contributed by atoms with Gasteiger partial charge in [-0.1, -0.05) is 10.2 Å². The average molecular weight is 302 g/mol. The van der Waals surface area contributed by atoms with Gasteiger partial charge in [-0.05, 0) is 25.4 Å². The van der Waals surface area contributed by atoms with Gasteiger partial charge in [0.15, 0.2) is 0 Å². The number of hydrogen-bond donors (Lipinski definition) is 2. The minimum Gasteiger partial charge on any atom is -0.402 e. The molecule has 0 saturated heterocycles. The number of halogens is 1. The van der Waals surface area contributed by atoms with Crippen molar-refractivity contribution in [2.24, 2.45) is 0 Å². The summed E-state index contributed by atoms with van der Waals surface area (Å²) in [5.74, 6) is 0.975. The van der Waals surface area contributed by atoms with Crippen molar-refractivity contribution in [3.8, 4) is 0 Å². The molecule has 8 nitrogen and oxygen atoms in total. The fraction of sp³-hybridized carbons (Fsp3) is 0.444. The molecule has 102 valence electrons. The molecule has 2 N–H and O–H groups in total. The van der Waals surface area contributed by atoms with Gasteiger partial charge in [-0.15, -0.1) is 0 Å². The molecule has 2 heterocycles. The topological polar surface area (TPSA) is 102 Å². The maximum absolute atomic E-state index is 5.56. The first kappa shape index (κ1) is 13.8. The molecule has 0 spiro atoms. The second kappa shape index (κ2) is 6.53. The number of rotatable bonds is 6. The molecule has 2 aromatic heterocycles. The van der Waals surface area contributed by atoms with Gasteiger partial charge in [0.2, 0.25) is 17.1 Å². The zero-order valence-corrected chi connectivity index (χ0v) is 11.9. The molecule has 2 rings (SSSR count). The van der Waals surface area contributed by atoms with Crippen LogP contribution in [0.4, 0.5) is 11.9 Å². The van der Waals surface area contributed by atoms with Crippen LogP contribution in [0, 0.1) is 0 Å². The van der Waals surface area contributed by atoms with Gasteiger partial charge in [0.05, 0.1) is 0 Å². The molecule has 0 atom stereocenters. The maximum atomic E-state index is 5.56. The number of nitrogens with zero attached hydrogens (tertiary/aromatic N) is 5. The first-order valence-electron chi connectivity index (χ1n) is 5.62. The number of hydrogen-bond acceptors (Lipinski definition) is 9. The zero-order valence-electron chi connectivity index (χ0n) is 10.3. The van der Waals surface area contributed by atoms with Gasteiger partial charge >= 0.3 is 5.35 Å². The summed E-state index contributed by atoms with van der Waals surface area (Å²) in [6.07, 6.45) is 0. The number of anilines is 2. The fourth-order valence-electron chi connectivity index (χ4n) is 1.19. The highest BCUT2D eigenvalue weighted by atomic mass is 35.5. The summed E-state index contributed by atoms with van der Waals surface area (Å²) in [6, 6.07) is 0. The van der Waals surface area contributed by atoms with E-state index in [1.807, 2.05) is 13.8 Å². The number of aromatic nitrogens is 5. The van der Waals surface area contributed by atoms with Crippen molar-refractivity contribution < 1.29 is 4.42 Å². The number of nitrogens with one attached hydrogen (secondary N) is 2. The smallest absolute Gasteiger partial charge is 0.313 e. The highest BCUT2D eigenvalue weighted by Gasteiger charge is 2.11. The Hall–Kier alpha value is -1.61. The lowest BCUT2D eigenvalue weighted by molar-refractivity contribution is 0.454. The molecular weight excluding hydrogens is 290 g/mol. The summed E-state index contributed by atoms with van der Waals surface area (Å²) >= 11 is 6.68. The predicted molar refractivity (Wildman–Crippen MR) is 71.6 cm³/mol. The van der Waals surface area contributed by atoms with Crippen molar-refractivity contribution in [3.05, 3.63) is 5.35 Å². The van der Waals surface area contributed by atoms with Crippen molar-refractivity contribution >= 4 is 35.3 Å². The van der Waals surface area contributed by atoms with Crippen LogP contribution in [0.25, 0.3) is 0 Å². The van der Waals surface area contributed by atoms with Gasteiger partial charge in [0.1, 0.15) is 0 Å². The van der Waals surface area contributed by atoms with Crippen molar-refractivity contribution in [1.82, 2.24) is 25.1 Å². The Morgan fingerprint density at radius 1 is 1.05 bits per heavy atom.